The Morgan fingerprint density at radius 3 is 2.12 bits per heavy atom. The lowest BCUT2D eigenvalue weighted by Crippen LogP contribution is -2.38. The van der Waals surface area contributed by atoms with Crippen molar-refractivity contribution in [1.82, 2.24) is 5.06 Å². The van der Waals surface area contributed by atoms with E-state index in [-0.39, 0.29) is 0 Å². The van der Waals surface area contributed by atoms with Gasteiger partial charge in [0.1, 0.15) is 0 Å². The number of hydroxylamine groups is 2. The van der Waals surface area contributed by atoms with Crippen molar-refractivity contribution in [2.75, 3.05) is 13.1 Å². The maximum Gasteiger partial charge on any atom is 0.0737 e. The topological polar surface area (TPSA) is 12.5 Å². The van der Waals surface area contributed by atoms with Gasteiger partial charge < -0.3 is 0 Å². The van der Waals surface area contributed by atoms with Gasteiger partial charge in [-0.1, -0.05) is 0 Å². The van der Waals surface area contributed by atoms with Gasteiger partial charge in [-0.15, -0.1) is 0 Å². The molecule has 0 aromatic carbocycles. The Morgan fingerprint density at radius 1 is 1.38 bits per heavy atom. The first-order valence-electron chi connectivity index (χ1n) is 3.21. The fourth-order valence-corrected chi connectivity index (χ4v) is 0.691. The molecule has 0 N–H and O–H groups in total. The molecule has 1 saturated heterocycles. The highest BCUT2D eigenvalue weighted by molar-refractivity contribution is 4.58. The summed E-state index contributed by atoms with van der Waals surface area (Å²) in [5.74, 6) is 0. The largest absolute Gasteiger partial charge is 0.296 e. The lowest BCUT2D eigenvalue weighted by molar-refractivity contribution is -0.221. The summed E-state index contributed by atoms with van der Waals surface area (Å²) >= 11 is 0. The molecule has 0 spiro atoms. The smallest absolute Gasteiger partial charge is 0.0737 e. The van der Waals surface area contributed by atoms with Crippen molar-refractivity contribution in [3.05, 3.63) is 0 Å². The molecule has 0 atom stereocenters. The Balaban J connectivity index is 2.01. The molecule has 0 bridgehead atoms. The van der Waals surface area contributed by atoms with Crippen LogP contribution in [0.3, 0.4) is 0 Å². The van der Waals surface area contributed by atoms with Crippen molar-refractivity contribution in [3.63, 3.8) is 0 Å². The average molecular weight is 115 g/mol. The van der Waals surface area contributed by atoms with E-state index in [1.165, 1.54) is 6.42 Å². The Hall–Kier alpha value is -0.0800. The van der Waals surface area contributed by atoms with E-state index in [0.717, 1.165) is 13.1 Å². The Labute approximate surface area is 50.4 Å². The second-order valence-corrected chi connectivity index (χ2v) is 2.44. The second-order valence-electron chi connectivity index (χ2n) is 2.44. The summed E-state index contributed by atoms with van der Waals surface area (Å²) < 4.78 is 0. The molecule has 1 aliphatic rings. The number of rotatable bonds is 2. The highest BCUT2D eigenvalue weighted by atomic mass is 16.7. The molecule has 1 fully saturated rings. The monoisotopic (exact) mass is 115 g/mol. The fourth-order valence-electron chi connectivity index (χ4n) is 0.691. The van der Waals surface area contributed by atoms with Gasteiger partial charge in [-0.2, -0.15) is 5.06 Å². The van der Waals surface area contributed by atoms with Crippen molar-refractivity contribution in [1.29, 1.82) is 0 Å². The van der Waals surface area contributed by atoms with E-state index in [4.69, 9.17) is 4.84 Å². The predicted molar refractivity (Wildman–Crippen MR) is 32.4 cm³/mol. The molecular formula is C6H13NO. The number of hydrogen-bond acceptors (Lipinski definition) is 2. The zero-order valence-electron chi connectivity index (χ0n) is 5.55. The first-order chi connectivity index (χ1) is 3.79. The van der Waals surface area contributed by atoms with Gasteiger partial charge in [0.15, 0.2) is 0 Å². The number of hydrogen-bond donors (Lipinski definition) is 0. The van der Waals surface area contributed by atoms with E-state index in [0.29, 0.717) is 6.10 Å². The zero-order chi connectivity index (χ0) is 5.98. The molecule has 48 valence electrons. The molecule has 0 unspecified atom stereocenters. The molecule has 0 aromatic rings. The van der Waals surface area contributed by atoms with Crippen LogP contribution in [0.25, 0.3) is 0 Å². The van der Waals surface area contributed by atoms with Crippen LogP contribution in [0.2, 0.25) is 0 Å². The van der Waals surface area contributed by atoms with E-state index in [2.05, 4.69) is 13.8 Å². The van der Waals surface area contributed by atoms with Crippen molar-refractivity contribution in [3.8, 4) is 0 Å². The third kappa shape index (κ3) is 1.46. The molecule has 2 nitrogen and oxygen atoms in total. The maximum atomic E-state index is 5.32. The first-order valence-corrected chi connectivity index (χ1v) is 3.21. The quantitative estimate of drug-likeness (QED) is 0.533. The van der Waals surface area contributed by atoms with Gasteiger partial charge in [0.2, 0.25) is 0 Å². The SMILES string of the molecule is CC(C)ON1CCC1. The Bertz CT molecular complexity index is 68.9. The second kappa shape index (κ2) is 2.46. The van der Waals surface area contributed by atoms with Gasteiger partial charge in [0.05, 0.1) is 6.10 Å². The molecule has 0 aromatic heterocycles. The van der Waals surface area contributed by atoms with Crippen LogP contribution in [0, 0.1) is 0 Å². The first kappa shape index (κ1) is 6.05. The van der Waals surface area contributed by atoms with Crippen LogP contribution in [0.1, 0.15) is 20.3 Å². The lowest BCUT2D eigenvalue weighted by atomic mass is 10.3. The van der Waals surface area contributed by atoms with Gasteiger partial charge in [0.25, 0.3) is 0 Å². The highest BCUT2D eigenvalue weighted by Crippen LogP contribution is 2.07. The normalized spacial score (nSPS) is 21.4. The third-order valence-corrected chi connectivity index (χ3v) is 1.17. The van der Waals surface area contributed by atoms with Crippen molar-refractivity contribution in [2.24, 2.45) is 0 Å². The summed E-state index contributed by atoms with van der Waals surface area (Å²) in [6.45, 7) is 6.35. The zero-order valence-corrected chi connectivity index (χ0v) is 5.55. The molecule has 0 saturated carbocycles. The van der Waals surface area contributed by atoms with Crippen LogP contribution >= 0.6 is 0 Å². The summed E-state index contributed by atoms with van der Waals surface area (Å²) in [7, 11) is 0. The van der Waals surface area contributed by atoms with Gasteiger partial charge in [0, 0.05) is 13.1 Å². The minimum Gasteiger partial charge on any atom is -0.296 e. The molecule has 2 heteroatoms. The van der Waals surface area contributed by atoms with Crippen LogP contribution in [0.5, 0.6) is 0 Å². The summed E-state index contributed by atoms with van der Waals surface area (Å²) in [5.41, 5.74) is 0. The Kier molecular flexibility index (Phi) is 1.86. The lowest BCUT2D eigenvalue weighted by Gasteiger charge is -2.31. The Morgan fingerprint density at radius 2 is 2.00 bits per heavy atom. The fraction of sp³-hybridized carbons (Fsp3) is 1.00. The maximum absolute atomic E-state index is 5.32. The standard InChI is InChI=1S/C6H13NO/c1-6(2)8-7-4-3-5-7/h6H,3-5H2,1-2H3. The van der Waals surface area contributed by atoms with Crippen LogP contribution in [-0.2, 0) is 4.84 Å². The predicted octanol–water partition coefficient (Wildman–Crippen LogP) is 1.03. The van der Waals surface area contributed by atoms with Crippen LogP contribution in [-0.4, -0.2) is 24.3 Å². The van der Waals surface area contributed by atoms with Crippen LogP contribution in [0.15, 0.2) is 0 Å². The van der Waals surface area contributed by atoms with Crippen molar-refractivity contribution < 1.29 is 4.84 Å². The van der Waals surface area contributed by atoms with E-state index < -0.39 is 0 Å². The molecule has 1 rings (SSSR count). The summed E-state index contributed by atoms with van der Waals surface area (Å²) in [5, 5.41) is 2.00. The van der Waals surface area contributed by atoms with E-state index in [9.17, 15) is 0 Å². The molecular weight excluding hydrogens is 102 g/mol. The van der Waals surface area contributed by atoms with E-state index in [1.54, 1.807) is 0 Å². The molecule has 0 amide bonds. The van der Waals surface area contributed by atoms with Crippen molar-refractivity contribution >= 4 is 0 Å². The van der Waals surface area contributed by atoms with Crippen LogP contribution in [0.4, 0.5) is 0 Å². The van der Waals surface area contributed by atoms with Crippen LogP contribution < -0.4 is 0 Å². The van der Waals surface area contributed by atoms with Gasteiger partial charge >= 0.3 is 0 Å². The minimum absolute atomic E-state index is 0.357. The molecule has 8 heavy (non-hydrogen) atoms. The van der Waals surface area contributed by atoms with Gasteiger partial charge in [-0.25, -0.2) is 0 Å². The molecule has 1 aliphatic heterocycles. The summed E-state index contributed by atoms with van der Waals surface area (Å²) in [4.78, 5) is 5.32. The average Bonchev–Trinajstić information content (AvgIpc) is 1.55. The van der Waals surface area contributed by atoms with Gasteiger partial charge in [-0.05, 0) is 20.3 Å². The van der Waals surface area contributed by atoms with Crippen molar-refractivity contribution in [2.45, 2.75) is 26.4 Å². The number of nitrogens with zero attached hydrogens (tertiary/aromatic N) is 1. The third-order valence-electron chi connectivity index (χ3n) is 1.17. The van der Waals surface area contributed by atoms with Gasteiger partial charge in [-0.3, -0.25) is 4.84 Å². The molecule has 0 radical (unpaired) electrons. The molecule has 1 heterocycles. The van der Waals surface area contributed by atoms with E-state index in [1.807, 2.05) is 5.06 Å². The molecule has 0 aliphatic carbocycles. The summed E-state index contributed by atoms with van der Waals surface area (Å²) in [6.07, 6.45) is 1.66. The minimum atomic E-state index is 0.357. The highest BCUT2D eigenvalue weighted by Gasteiger charge is 2.14. The van der Waals surface area contributed by atoms with E-state index >= 15 is 0 Å². The summed E-state index contributed by atoms with van der Waals surface area (Å²) in [6, 6.07) is 0.